The Labute approximate surface area is 182 Å². The minimum atomic E-state index is -0.515. The molecule has 0 aromatic heterocycles. The first-order valence-electron chi connectivity index (χ1n) is 10.5. The SMILES string of the molecule is Cc1cccc(Nc2ccccc2C(=O)OCC(=O)N2CCc3ccccc3C2)c1C. The maximum Gasteiger partial charge on any atom is 0.340 e. The third kappa shape index (κ3) is 4.61. The molecule has 1 N–H and O–H groups in total. The van der Waals surface area contributed by atoms with E-state index in [1.165, 1.54) is 11.1 Å². The second-order valence-corrected chi connectivity index (χ2v) is 7.83. The molecule has 0 unspecified atom stereocenters. The van der Waals surface area contributed by atoms with Crippen LogP contribution < -0.4 is 5.32 Å². The molecule has 0 saturated carbocycles. The predicted molar refractivity (Wildman–Crippen MR) is 121 cm³/mol. The molecule has 3 aromatic carbocycles. The number of rotatable bonds is 5. The third-order valence-corrected chi connectivity index (χ3v) is 5.83. The van der Waals surface area contributed by atoms with Crippen molar-refractivity contribution in [1.82, 2.24) is 4.90 Å². The molecule has 158 valence electrons. The van der Waals surface area contributed by atoms with Gasteiger partial charge in [0.25, 0.3) is 5.91 Å². The lowest BCUT2D eigenvalue weighted by Crippen LogP contribution is -2.38. The summed E-state index contributed by atoms with van der Waals surface area (Å²) >= 11 is 0. The number of nitrogens with one attached hydrogen (secondary N) is 1. The predicted octanol–water partition coefficient (Wildman–Crippen LogP) is 4.79. The first kappa shape index (κ1) is 20.7. The molecule has 0 radical (unpaired) electrons. The van der Waals surface area contributed by atoms with Crippen LogP contribution in [-0.2, 0) is 22.5 Å². The van der Waals surface area contributed by atoms with Crippen LogP contribution in [0.3, 0.4) is 0 Å². The van der Waals surface area contributed by atoms with Gasteiger partial charge in [-0.2, -0.15) is 0 Å². The van der Waals surface area contributed by atoms with Crippen molar-refractivity contribution in [2.45, 2.75) is 26.8 Å². The molecule has 1 aliphatic heterocycles. The summed E-state index contributed by atoms with van der Waals surface area (Å²) in [5, 5.41) is 3.33. The summed E-state index contributed by atoms with van der Waals surface area (Å²) in [6.07, 6.45) is 0.818. The monoisotopic (exact) mass is 414 g/mol. The molecule has 1 amide bonds. The Hall–Kier alpha value is -3.60. The van der Waals surface area contributed by atoms with E-state index in [9.17, 15) is 9.59 Å². The molecule has 1 aliphatic rings. The van der Waals surface area contributed by atoms with Crippen molar-refractivity contribution in [3.8, 4) is 0 Å². The molecule has 1 heterocycles. The maximum atomic E-state index is 12.8. The zero-order valence-corrected chi connectivity index (χ0v) is 17.9. The third-order valence-electron chi connectivity index (χ3n) is 5.83. The number of para-hydroxylation sites is 1. The summed E-state index contributed by atoms with van der Waals surface area (Å²) < 4.78 is 5.39. The van der Waals surface area contributed by atoms with Crippen molar-refractivity contribution >= 4 is 23.3 Å². The summed E-state index contributed by atoms with van der Waals surface area (Å²) in [6, 6.07) is 21.3. The highest BCUT2D eigenvalue weighted by Crippen LogP contribution is 2.26. The largest absolute Gasteiger partial charge is 0.452 e. The summed E-state index contributed by atoms with van der Waals surface area (Å²) in [5.74, 6) is -0.693. The van der Waals surface area contributed by atoms with Gasteiger partial charge < -0.3 is 15.0 Å². The van der Waals surface area contributed by atoms with Crippen LogP contribution in [0.25, 0.3) is 0 Å². The molecule has 3 aromatic rings. The molecule has 0 aliphatic carbocycles. The number of hydrogen-bond acceptors (Lipinski definition) is 4. The fraction of sp³-hybridized carbons (Fsp3) is 0.231. The number of carbonyl (C=O) groups excluding carboxylic acids is 2. The standard InChI is InChI=1S/C26H26N2O3/c1-18-8-7-13-23(19(18)2)27-24-12-6-5-11-22(24)26(30)31-17-25(29)28-15-14-20-9-3-4-10-21(20)16-28/h3-13,27H,14-17H2,1-2H3. The Kier molecular flexibility index (Phi) is 6.03. The van der Waals surface area contributed by atoms with Crippen LogP contribution in [0.2, 0.25) is 0 Å². The van der Waals surface area contributed by atoms with Crippen LogP contribution in [0.5, 0.6) is 0 Å². The number of hydrogen-bond donors (Lipinski definition) is 1. The van der Waals surface area contributed by atoms with E-state index in [1.54, 1.807) is 17.0 Å². The second kappa shape index (κ2) is 9.04. The van der Waals surface area contributed by atoms with Gasteiger partial charge in [0.1, 0.15) is 0 Å². The summed E-state index contributed by atoms with van der Waals surface area (Å²) in [7, 11) is 0. The molecule has 0 fully saturated rings. The van der Waals surface area contributed by atoms with Gasteiger partial charge >= 0.3 is 5.97 Å². The highest BCUT2D eigenvalue weighted by Gasteiger charge is 2.22. The fourth-order valence-corrected chi connectivity index (χ4v) is 3.81. The quantitative estimate of drug-likeness (QED) is 0.610. The second-order valence-electron chi connectivity index (χ2n) is 7.83. The average molecular weight is 415 g/mol. The highest BCUT2D eigenvalue weighted by atomic mass is 16.5. The Bertz CT molecular complexity index is 1120. The Morgan fingerprint density at radius 3 is 2.45 bits per heavy atom. The van der Waals surface area contributed by atoms with E-state index >= 15 is 0 Å². The van der Waals surface area contributed by atoms with Gasteiger partial charge in [-0.05, 0) is 60.7 Å². The summed E-state index contributed by atoms with van der Waals surface area (Å²) in [6.45, 7) is 5.01. The smallest absolute Gasteiger partial charge is 0.340 e. The summed E-state index contributed by atoms with van der Waals surface area (Å²) in [4.78, 5) is 27.1. The maximum absolute atomic E-state index is 12.8. The number of anilines is 2. The van der Waals surface area contributed by atoms with Crippen molar-refractivity contribution in [1.29, 1.82) is 0 Å². The number of amides is 1. The van der Waals surface area contributed by atoms with E-state index in [0.29, 0.717) is 24.3 Å². The van der Waals surface area contributed by atoms with Crippen molar-refractivity contribution in [2.24, 2.45) is 0 Å². The van der Waals surface area contributed by atoms with Gasteiger partial charge in [-0.25, -0.2) is 4.79 Å². The molecule has 0 saturated heterocycles. The van der Waals surface area contributed by atoms with Crippen LogP contribution >= 0.6 is 0 Å². The van der Waals surface area contributed by atoms with Crippen LogP contribution in [0.15, 0.2) is 66.7 Å². The van der Waals surface area contributed by atoms with E-state index in [1.807, 2.05) is 62.4 Å². The number of aryl methyl sites for hydroxylation is 1. The summed E-state index contributed by atoms with van der Waals surface area (Å²) in [5.41, 5.74) is 6.69. The molecule has 4 rings (SSSR count). The minimum Gasteiger partial charge on any atom is -0.452 e. The van der Waals surface area contributed by atoms with E-state index in [0.717, 1.165) is 23.2 Å². The average Bonchev–Trinajstić information content (AvgIpc) is 2.80. The van der Waals surface area contributed by atoms with Gasteiger partial charge in [-0.1, -0.05) is 48.5 Å². The van der Waals surface area contributed by atoms with E-state index < -0.39 is 5.97 Å². The molecule has 0 bridgehead atoms. The van der Waals surface area contributed by atoms with Gasteiger partial charge in [-0.15, -0.1) is 0 Å². The van der Waals surface area contributed by atoms with Gasteiger partial charge in [0.05, 0.1) is 11.3 Å². The molecular weight excluding hydrogens is 388 g/mol. The topological polar surface area (TPSA) is 58.6 Å². The minimum absolute atomic E-state index is 0.178. The van der Waals surface area contributed by atoms with Gasteiger partial charge in [0.15, 0.2) is 6.61 Å². The first-order valence-corrected chi connectivity index (χ1v) is 10.5. The Morgan fingerprint density at radius 2 is 1.61 bits per heavy atom. The van der Waals surface area contributed by atoms with Crippen LogP contribution in [-0.4, -0.2) is 29.9 Å². The van der Waals surface area contributed by atoms with E-state index in [2.05, 4.69) is 11.4 Å². The van der Waals surface area contributed by atoms with Crippen LogP contribution in [0.1, 0.15) is 32.6 Å². The number of carbonyl (C=O) groups is 2. The van der Waals surface area contributed by atoms with Crippen LogP contribution in [0, 0.1) is 13.8 Å². The van der Waals surface area contributed by atoms with Crippen LogP contribution in [0.4, 0.5) is 11.4 Å². The first-order chi connectivity index (χ1) is 15.0. The van der Waals surface area contributed by atoms with E-state index in [-0.39, 0.29) is 12.5 Å². The lowest BCUT2D eigenvalue weighted by Gasteiger charge is -2.28. The highest BCUT2D eigenvalue weighted by molar-refractivity contribution is 5.97. The molecule has 0 atom stereocenters. The number of ether oxygens (including phenoxy) is 1. The van der Waals surface area contributed by atoms with E-state index in [4.69, 9.17) is 4.74 Å². The zero-order chi connectivity index (χ0) is 21.8. The molecule has 5 nitrogen and oxygen atoms in total. The number of fused-ring (bicyclic) bond motifs is 1. The van der Waals surface area contributed by atoms with Crippen molar-refractivity contribution in [3.63, 3.8) is 0 Å². The number of esters is 1. The zero-order valence-electron chi connectivity index (χ0n) is 17.9. The Morgan fingerprint density at radius 1 is 0.903 bits per heavy atom. The number of benzene rings is 3. The van der Waals surface area contributed by atoms with Crippen molar-refractivity contribution in [2.75, 3.05) is 18.5 Å². The molecule has 0 spiro atoms. The van der Waals surface area contributed by atoms with Gasteiger partial charge in [0.2, 0.25) is 0 Å². The van der Waals surface area contributed by atoms with Crippen molar-refractivity contribution < 1.29 is 14.3 Å². The lowest BCUT2D eigenvalue weighted by molar-refractivity contribution is -0.135. The van der Waals surface area contributed by atoms with Crippen molar-refractivity contribution in [3.05, 3.63) is 94.5 Å². The molecule has 5 heteroatoms. The molecule has 31 heavy (non-hydrogen) atoms. The lowest BCUT2D eigenvalue weighted by atomic mass is 10.00. The Balaban J connectivity index is 1.41. The molecular formula is C26H26N2O3. The fourth-order valence-electron chi connectivity index (χ4n) is 3.81. The normalized spacial score (nSPS) is 12.8. The number of nitrogens with zero attached hydrogens (tertiary/aromatic N) is 1. The van der Waals surface area contributed by atoms with Gasteiger partial charge in [-0.3, -0.25) is 4.79 Å². The van der Waals surface area contributed by atoms with Gasteiger partial charge in [0, 0.05) is 18.8 Å².